The first-order valence-electron chi connectivity index (χ1n) is 12.9. The standard InChI is InChI=1S/C36H23NO/c1-2-11-28(12-3-1)37(32-14-6-9-24-8-4-5-13-30(24)32)29-21-18-25(19-22-29)31-23-20-27-17-16-26-10-7-15-33-34(26)35(27)36(31)38-33/h1-23H. The molecule has 0 aliphatic rings. The van der Waals surface area contributed by atoms with Crippen LogP contribution in [-0.2, 0) is 0 Å². The number of fused-ring (bicyclic) bond motifs is 1. The minimum Gasteiger partial charge on any atom is -0.455 e. The summed E-state index contributed by atoms with van der Waals surface area (Å²) in [6, 6.07) is 49.5. The topological polar surface area (TPSA) is 16.4 Å². The fourth-order valence-corrected chi connectivity index (χ4v) is 5.85. The lowest BCUT2D eigenvalue weighted by Gasteiger charge is -2.27. The van der Waals surface area contributed by atoms with Crippen LogP contribution in [0.1, 0.15) is 0 Å². The number of hydrogen-bond acceptors (Lipinski definition) is 2. The zero-order chi connectivity index (χ0) is 25.1. The highest BCUT2D eigenvalue weighted by atomic mass is 16.3. The van der Waals surface area contributed by atoms with Crippen LogP contribution in [0.15, 0.2) is 144 Å². The molecule has 0 aliphatic carbocycles. The van der Waals surface area contributed by atoms with Crippen molar-refractivity contribution in [2.75, 3.05) is 4.90 Å². The van der Waals surface area contributed by atoms with Crippen molar-refractivity contribution in [3.05, 3.63) is 140 Å². The van der Waals surface area contributed by atoms with Crippen molar-refractivity contribution in [1.29, 1.82) is 0 Å². The Hall–Kier alpha value is -5.08. The van der Waals surface area contributed by atoms with Gasteiger partial charge in [0.15, 0.2) is 0 Å². The summed E-state index contributed by atoms with van der Waals surface area (Å²) >= 11 is 0. The minimum atomic E-state index is 0.943. The molecule has 1 heterocycles. The van der Waals surface area contributed by atoms with Crippen molar-refractivity contribution < 1.29 is 4.42 Å². The van der Waals surface area contributed by atoms with Gasteiger partial charge in [-0.3, -0.25) is 0 Å². The normalized spacial score (nSPS) is 11.7. The number of benzene rings is 7. The van der Waals surface area contributed by atoms with Gasteiger partial charge < -0.3 is 9.32 Å². The maximum Gasteiger partial charge on any atom is 0.143 e. The van der Waals surface area contributed by atoms with Crippen LogP contribution < -0.4 is 4.90 Å². The third kappa shape index (κ3) is 3.14. The van der Waals surface area contributed by atoms with Gasteiger partial charge in [0.05, 0.1) is 5.69 Å². The van der Waals surface area contributed by atoms with Crippen LogP contribution >= 0.6 is 0 Å². The van der Waals surface area contributed by atoms with Gasteiger partial charge in [-0.1, -0.05) is 97.1 Å². The number of rotatable bonds is 4. The van der Waals surface area contributed by atoms with Crippen LogP contribution in [0.2, 0.25) is 0 Å². The molecule has 0 unspecified atom stereocenters. The van der Waals surface area contributed by atoms with E-state index < -0.39 is 0 Å². The summed E-state index contributed by atoms with van der Waals surface area (Å²) in [5, 5.41) is 7.30. The summed E-state index contributed by atoms with van der Waals surface area (Å²) < 4.78 is 6.45. The Labute approximate surface area is 220 Å². The Kier molecular flexibility index (Phi) is 4.55. The van der Waals surface area contributed by atoms with Gasteiger partial charge in [-0.05, 0) is 64.2 Å². The first kappa shape index (κ1) is 21.0. The first-order chi connectivity index (χ1) is 18.8. The van der Waals surface area contributed by atoms with Crippen LogP contribution in [0, 0.1) is 0 Å². The molecule has 0 aliphatic heterocycles. The molecule has 0 spiro atoms. The van der Waals surface area contributed by atoms with Gasteiger partial charge in [-0.25, -0.2) is 0 Å². The summed E-state index contributed by atoms with van der Waals surface area (Å²) in [5.74, 6) is 0. The van der Waals surface area contributed by atoms with E-state index in [-0.39, 0.29) is 0 Å². The molecule has 8 aromatic rings. The molecule has 2 nitrogen and oxygen atoms in total. The van der Waals surface area contributed by atoms with E-state index in [4.69, 9.17) is 4.42 Å². The Morgan fingerprint density at radius 2 is 1.11 bits per heavy atom. The molecule has 2 heteroatoms. The Balaban J connectivity index is 1.29. The maximum absolute atomic E-state index is 6.45. The predicted octanol–water partition coefficient (Wildman–Crippen LogP) is 10.5. The summed E-state index contributed by atoms with van der Waals surface area (Å²) in [7, 11) is 0. The first-order valence-corrected chi connectivity index (χ1v) is 12.9. The fourth-order valence-electron chi connectivity index (χ4n) is 5.85. The van der Waals surface area contributed by atoms with Crippen molar-refractivity contribution >= 4 is 60.5 Å². The molecular formula is C36H23NO. The van der Waals surface area contributed by atoms with E-state index >= 15 is 0 Å². The lowest BCUT2D eigenvalue weighted by atomic mass is 9.97. The summed E-state index contributed by atoms with van der Waals surface area (Å²) in [6.45, 7) is 0. The zero-order valence-corrected chi connectivity index (χ0v) is 20.6. The van der Waals surface area contributed by atoms with Crippen molar-refractivity contribution in [2.45, 2.75) is 0 Å². The van der Waals surface area contributed by atoms with Gasteiger partial charge in [-0.2, -0.15) is 0 Å². The van der Waals surface area contributed by atoms with Crippen LogP contribution in [-0.4, -0.2) is 0 Å². The molecule has 0 saturated heterocycles. The second kappa shape index (κ2) is 8.22. The highest BCUT2D eigenvalue weighted by Gasteiger charge is 2.18. The summed E-state index contributed by atoms with van der Waals surface area (Å²) in [6.07, 6.45) is 0. The van der Waals surface area contributed by atoms with Crippen molar-refractivity contribution in [1.82, 2.24) is 0 Å². The number of hydrogen-bond donors (Lipinski definition) is 0. The molecule has 0 atom stereocenters. The van der Waals surface area contributed by atoms with Gasteiger partial charge >= 0.3 is 0 Å². The second-order valence-electron chi connectivity index (χ2n) is 9.78. The maximum atomic E-state index is 6.45. The lowest BCUT2D eigenvalue weighted by Crippen LogP contribution is -2.10. The smallest absolute Gasteiger partial charge is 0.143 e. The van der Waals surface area contributed by atoms with Gasteiger partial charge in [0.25, 0.3) is 0 Å². The highest BCUT2D eigenvalue weighted by molar-refractivity contribution is 6.24. The summed E-state index contributed by atoms with van der Waals surface area (Å²) in [4.78, 5) is 2.33. The van der Waals surface area contributed by atoms with Crippen LogP contribution in [0.25, 0.3) is 54.6 Å². The Morgan fingerprint density at radius 1 is 0.447 bits per heavy atom. The molecule has 8 rings (SSSR count). The van der Waals surface area contributed by atoms with E-state index in [0.717, 1.165) is 39.4 Å². The Morgan fingerprint density at radius 3 is 1.97 bits per heavy atom. The molecule has 7 aromatic carbocycles. The van der Waals surface area contributed by atoms with E-state index in [1.165, 1.54) is 32.3 Å². The van der Waals surface area contributed by atoms with E-state index in [1.54, 1.807) is 0 Å². The van der Waals surface area contributed by atoms with Gasteiger partial charge in [-0.15, -0.1) is 0 Å². The van der Waals surface area contributed by atoms with E-state index in [0.29, 0.717) is 0 Å². The van der Waals surface area contributed by atoms with Crippen LogP contribution in [0.4, 0.5) is 17.1 Å². The molecule has 0 amide bonds. The molecule has 1 aromatic heterocycles. The number of anilines is 3. The largest absolute Gasteiger partial charge is 0.455 e. The van der Waals surface area contributed by atoms with E-state index in [2.05, 4.69) is 144 Å². The summed E-state index contributed by atoms with van der Waals surface area (Å²) in [5.41, 5.74) is 7.55. The lowest BCUT2D eigenvalue weighted by molar-refractivity contribution is 0.670. The van der Waals surface area contributed by atoms with Gasteiger partial charge in [0, 0.05) is 33.1 Å². The van der Waals surface area contributed by atoms with Crippen molar-refractivity contribution in [2.24, 2.45) is 0 Å². The zero-order valence-electron chi connectivity index (χ0n) is 20.6. The fraction of sp³-hybridized carbons (Fsp3) is 0. The molecular weight excluding hydrogens is 462 g/mol. The molecule has 0 N–H and O–H groups in total. The van der Waals surface area contributed by atoms with Crippen LogP contribution in [0.5, 0.6) is 0 Å². The van der Waals surface area contributed by atoms with Crippen molar-refractivity contribution in [3.8, 4) is 11.1 Å². The second-order valence-corrected chi connectivity index (χ2v) is 9.78. The molecule has 0 saturated carbocycles. The molecule has 0 fully saturated rings. The quantitative estimate of drug-likeness (QED) is 0.231. The molecule has 0 bridgehead atoms. The molecule has 178 valence electrons. The van der Waals surface area contributed by atoms with Gasteiger partial charge in [0.1, 0.15) is 11.2 Å². The predicted molar refractivity (Wildman–Crippen MR) is 160 cm³/mol. The van der Waals surface area contributed by atoms with E-state index in [9.17, 15) is 0 Å². The van der Waals surface area contributed by atoms with Crippen LogP contribution in [0.3, 0.4) is 0 Å². The monoisotopic (exact) mass is 485 g/mol. The number of furan rings is 1. The average Bonchev–Trinajstić information content (AvgIpc) is 3.38. The highest BCUT2D eigenvalue weighted by Crippen LogP contribution is 2.43. The third-order valence-electron chi connectivity index (χ3n) is 7.61. The number of nitrogens with zero attached hydrogens (tertiary/aromatic N) is 1. The molecule has 0 radical (unpaired) electrons. The minimum absolute atomic E-state index is 0.943. The Bertz CT molecular complexity index is 2060. The number of para-hydroxylation sites is 1. The van der Waals surface area contributed by atoms with Crippen molar-refractivity contribution in [3.63, 3.8) is 0 Å². The van der Waals surface area contributed by atoms with E-state index in [1.807, 2.05) is 0 Å². The molecule has 38 heavy (non-hydrogen) atoms. The van der Waals surface area contributed by atoms with Gasteiger partial charge in [0.2, 0.25) is 0 Å². The third-order valence-corrected chi connectivity index (χ3v) is 7.61. The average molecular weight is 486 g/mol. The SMILES string of the molecule is c1ccc(N(c2ccc(-c3ccc4ccc5cccc6oc3c4c56)cc2)c2cccc3ccccc23)cc1.